The average molecular weight is 550 g/mol. The van der Waals surface area contributed by atoms with Crippen molar-refractivity contribution >= 4 is 33.6 Å². The van der Waals surface area contributed by atoms with Crippen LogP contribution >= 0.6 is 11.5 Å². The van der Waals surface area contributed by atoms with Crippen molar-refractivity contribution in [3.63, 3.8) is 0 Å². The van der Waals surface area contributed by atoms with Crippen LogP contribution in [0, 0.1) is 6.92 Å². The number of nitrogens with one attached hydrogen (secondary N) is 2. The van der Waals surface area contributed by atoms with Crippen molar-refractivity contribution < 1.29 is 26.2 Å². The molecule has 8 nitrogen and oxygen atoms in total. The van der Waals surface area contributed by atoms with Gasteiger partial charge in [-0.05, 0) is 13.8 Å². The molecule has 2 aliphatic heterocycles. The first kappa shape index (κ1) is 20.9. The molecule has 5 heterocycles. The Balaban J connectivity index is 1.39. The summed E-state index contributed by atoms with van der Waals surface area (Å²) in [5.74, 6) is 0.744. The maximum atomic E-state index is 5.63. The number of morpholine rings is 1. The molecule has 31 heavy (non-hydrogen) atoms. The molecule has 0 bridgehead atoms. The molecule has 0 atom stereocenters. The fourth-order valence-corrected chi connectivity index (χ4v) is 5.73. The van der Waals surface area contributed by atoms with Gasteiger partial charge in [-0.3, -0.25) is 4.90 Å². The van der Waals surface area contributed by atoms with Crippen molar-refractivity contribution in [2.75, 3.05) is 25.1 Å². The van der Waals surface area contributed by atoms with E-state index in [2.05, 4.69) is 63.8 Å². The number of nitrogens with zero attached hydrogens (tertiary/aromatic N) is 5. The zero-order chi connectivity index (χ0) is 21.4. The molecule has 0 aromatic carbocycles. The first-order valence-corrected chi connectivity index (χ1v) is 13.2. The first-order valence-electron chi connectivity index (χ1n) is 10.1. The van der Waals surface area contributed by atoms with E-state index >= 15 is 0 Å². The number of hydrogen-bond acceptors (Lipinski definition) is 8. The van der Waals surface area contributed by atoms with Crippen molar-refractivity contribution in [1.82, 2.24) is 27.2 Å². The van der Waals surface area contributed by atoms with E-state index < -0.39 is 0 Å². The molecule has 0 aliphatic carbocycles. The fraction of sp³-hybridized carbons (Fsp3) is 0.381. The first-order chi connectivity index (χ1) is 15.0. The molecule has 3 aromatic rings. The van der Waals surface area contributed by atoms with Crippen molar-refractivity contribution in [2.24, 2.45) is 0 Å². The zero-order valence-electron chi connectivity index (χ0n) is 17.7. The summed E-state index contributed by atoms with van der Waals surface area (Å²) in [6.45, 7) is 9.69. The Bertz CT molecular complexity index is 1170. The molecule has 0 saturated carbocycles. The second-order valence-electron chi connectivity index (χ2n) is 8.27. The molecule has 1 saturated heterocycles. The number of fused-ring (bicyclic) bond motifs is 1. The third kappa shape index (κ3) is 4.34. The summed E-state index contributed by atoms with van der Waals surface area (Å²) in [6.07, 6.45) is 8.17. The van der Waals surface area contributed by atoms with Gasteiger partial charge in [-0.25, -0.2) is 0 Å². The molecule has 3 aromatic heterocycles. The third-order valence-corrected chi connectivity index (χ3v) is 7.59. The van der Waals surface area contributed by atoms with Gasteiger partial charge >= 0.3 is 148 Å². The summed E-state index contributed by atoms with van der Waals surface area (Å²) < 4.78 is 18.0. The Labute approximate surface area is 196 Å². The van der Waals surface area contributed by atoms with Gasteiger partial charge in [-0.2, -0.15) is 0 Å². The van der Waals surface area contributed by atoms with Gasteiger partial charge < -0.3 is 4.74 Å². The Morgan fingerprint density at radius 3 is 3.10 bits per heavy atom. The number of allylic oxidation sites excluding steroid dienone is 2. The molecular formula is C21H25IN7OS-. The minimum absolute atomic E-state index is 0.0189. The molecule has 2 N–H and O–H groups in total. The van der Waals surface area contributed by atoms with Crippen LogP contribution in [0.5, 0.6) is 0 Å². The van der Waals surface area contributed by atoms with Crippen LogP contribution in [-0.2, 0) is 11.3 Å². The molecule has 0 unspecified atom stereocenters. The molecule has 164 valence electrons. The molecule has 0 amide bonds. The Morgan fingerprint density at radius 1 is 1.39 bits per heavy atom. The maximum absolute atomic E-state index is 5.63. The second kappa shape index (κ2) is 8.49. The number of aromatic nitrogens is 4. The van der Waals surface area contributed by atoms with Gasteiger partial charge in [-0.1, -0.05) is 0 Å². The Kier molecular flexibility index (Phi) is 5.71. The standard InChI is InChI=1S/C21H25IN7OS/c1-14-11-29-17(15-4-5-22-24-9-15)10-23-20(29)19(25-14)26-18-8-16(27-31-18)12-28-6-7-30-13-21(28,2)3/h4-5,8-11,24H,6-7,12-13H2,1-3H3,(H,25,26)/q-1. The van der Waals surface area contributed by atoms with Crippen LogP contribution in [0.3, 0.4) is 0 Å². The van der Waals surface area contributed by atoms with E-state index in [4.69, 9.17) is 9.72 Å². The van der Waals surface area contributed by atoms with E-state index in [0.29, 0.717) is 0 Å². The predicted octanol–water partition coefficient (Wildman–Crippen LogP) is 0.310. The van der Waals surface area contributed by atoms with Crippen LogP contribution in [0.4, 0.5) is 10.8 Å². The monoisotopic (exact) mass is 550 g/mol. The number of imidazole rings is 1. The summed E-state index contributed by atoms with van der Waals surface area (Å²) in [5, 5.41) is 4.42. The van der Waals surface area contributed by atoms with Gasteiger partial charge in [0.2, 0.25) is 0 Å². The number of rotatable bonds is 5. The summed E-state index contributed by atoms with van der Waals surface area (Å²) in [4.78, 5) is 11.8. The number of ether oxygens (including phenoxy) is 1. The summed E-state index contributed by atoms with van der Waals surface area (Å²) in [7, 11) is 0. The van der Waals surface area contributed by atoms with Gasteiger partial charge in [0, 0.05) is 12.1 Å². The van der Waals surface area contributed by atoms with Gasteiger partial charge in [0.05, 0.1) is 13.2 Å². The molecule has 2 aliphatic rings. The van der Waals surface area contributed by atoms with Crippen LogP contribution in [0.1, 0.15) is 30.9 Å². The zero-order valence-corrected chi connectivity index (χ0v) is 20.7. The molecule has 0 radical (unpaired) electrons. The number of aryl methyl sites for hydroxylation is 1. The van der Waals surface area contributed by atoms with E-state index in [1.54, 1.807) is 0 Å². The van der Waals surface area contributed by atoms with Crippen LogP contribution in [-0.4, -0.2) is 48.9 Å². The Morgan fingerprint density at radius 2 is 2.29 bits per heavy atom. The number of anilines is 2. The summed E-state index contributed by atoms with van der Waals surface area (Å²) in [6, 6.07) is 2.11. The van der Waals surface area contributed by atoms with E-state index in [-0.39, 0.29) is 27.0 Å². The van der Waals surface area contributed by atoms with Crippen molar-refractivity contribution in [3.8, 4) is 0 Å². The normalized spacial score (nSPS) is 19.0. The van der Waals surface area contributed by atoms with Crippen LogP contribution in [0.25, 0.3) is 11.2 Å². The van der Waals surface area contributed by atoms with E-state index in [1.807, 2.05) is 19.3 Å². The van der Waals surface area contributed by atoms with Crippen LogP contribution < -0.4 is 30.3 Å². The molecule has 0 spiro atoms. The number of hydrogen-bond donors (Lipinski definition) is 2. The van der Waals surface area contributed by atoms with Gasteiger partial charge in [-0.15, -0.1) is 0 Å². The van der Waals surface area contributed by atoms with Gasteiger partial charge in [0.15, 0.2) is 0 Å². The third-order valence-electron chi connectivity index (χ3n) is 5.46. The molecule has 10 heteroatoms. The number of halogens is 1. The molecular weight excluding hydrogens is 525 g/mol. The summed E-state index contributed by atoms with van der Waals surface area (Å²) >= 11 is 1.39. The fourth-order valence-electron chi connectivity index (χ4n) is 3.78. The quantitative estimate of drug-likeness (QED) is 0.350. The predicted molar refractivity (Wildman–Crippen MR) is 119 cm³/mol. The van der Waals surface area contributed by atoms with Gasteiger partial charge in [0.1, 0.15) is 0 Å². The van der Waals surface area contributed by atoms with Crippen LogP contribution in [0.15, 0.2) is 34.8 Å². The van der Waals surface area contributed by atoms with E-state index in [1.165, 1.54) is 11.5 Å². The minimum atomic E-state index is -0.0691. The Hall–Kier alpha value is -2.02. The van der Waals surface area contributed by atoms with Gasteiger partial charge in [0.25, 0.3) is 0 Å². The SMILES string of the molecule is Cc1cn2c(C3=CN[I-]C=C3)cnc2c(Nc2cc(CN3CCOCC3(C)C)ns2)n1. The molecule has 5 rings (SSSR count). The van der Waals surface area contributed by atoms with Crippen molar-refractivity contribution in [3.05, 3.63) is 51.9 Å². The van der Waals surface area contributed by atoms with Crippen molar-refractivity contribution in [1.29, 1.82) is 0 Å². The van der Waals surface area contributed by atoms with Crippen molar-refractivity contribution in [2.45, 2.75) is 32.9 Å². The van der Waals surface area contributed by atoms with Crippen LogP contribution in [0.2, 0.25) is 0 Å². The van der Waals surface area contributed by atoms with E-state index in [0.717, 1.165) is 65.4 Å². The second-order valence-corrected chi connectivity index (χ2v) is 11.0. The summed E-state index contributed by atoms with van der Waals surface area (Å²) in [5.41, 5.74) is 4.99. The molecule has 1 fully saturated rings. The van der Waals surface area contributed by atoms with E-state index in [9.17, 15) is 0 Å². The topological polar surface area (TPSA) is 79.6 Å². The average Bonchev–Trinajstić information content (AvgIpc) is 3.37.